The van der Waals surface area contributed by atoms with E-state index in [9.17, 15) is 0 Å². The molecule has 13 heavy (non-hydrogen) atoms. The van der Waals surface area contributed by atoms with Gasteiger partial charge in [0.1, 0.15) is 0 Å². The molecule has 1 saturated carbocycles. The Kier molecular flexibility index (Phi) is 3.34. The fourth-order valence-corrected chi connectivity index (χ4v) is 1.72. The van der Waals surface area contributed by atoms with Gasteiger partial charge in [-0.05, 0) is 32.1 Å². The van der Waals surface area contributed by atoms with E-state index in [0.717, 1.165) is 11.8 Å². The van der Waals surface area contributed by atoms with Crippen molar-refractivity contribution in [1.29, 1.82) is 5.41 Å². The maximum Gasteiger partial charge on any atom is 0.0989 e. The monoisotopic (exact) mass is 182 g/mol. The van der Waals surface area contributed by atoms with Crippen molar-refractivity contribution in [2.24, 2.45) is 11.8 Å². The Hall–Kier alpha value is -0.530. The highest BCUT2D eigenvalue weighted by molar-refractivity contribution is 5.83. The second kappa shape index (κ2) is 4.12. The quantitative estimate of drug-likeness (QED) is 0.525. The molecule has 0 aromatic heterocycles. The van der Waals surface area contributed by atoms with E-state index in [4.69, 9.17) is 5.41 Å². The van der Waals surface area contributed by atoms with Crippen LogP contribution in [0, 0.1) is 17.2 Å². The summed E-state index contributed by atoms with van der Waals surface area (Å²) in [6, 6.07) is 0.521. The lowest BCUT2D eigenvalue weighted by molar-refractivity contribution is 0.324. The van der Waals surface area contributed by atoms with Crippen molar-refractivity contribution in [2.75, 3.05) is 7.05 Å². The SMILES string of the molecule is CC(C)CC(C)N(C)C(=N)C1CC1. The molecular formula is C11H22N2. The maximum absolute atomic E-state index is 7.91. The van der Waals surface area contributed by atoms with Gasteiger partial charge < -0.3 is 4.90 Å². The molecule has 0 aliphatic heterocycles. The first-order valence-corrected chi connectivity index (χ1v) is 5.33. The molecule has 2 nitrogen and oxygen atoms in total. The zero-order valence-electron chi connectivity index (χ0n) is 9.30. The van der Waals surface area contributed by atoms with E-state index in [1.54, 1.807) is 0 Å². The third-order valence-corrected chi connectivity index (χ3v) is 2.82. The molecule has 0 heterocycles. The molecule has 1 rings (SSSR count). The Labute approximate surface area is 81.8 Å². The van der Waals surface area contributed by atoms with Gasteiger partial charge in [0.25, 0.3) is 0 Å². The van der Waals surface area contributed by atoms with E-state index in [1.165, 1.54) is 19.3 Å². The average molecular weight is 182 g/mol. The summed E-state index contributed by atoms with van der Waals surface area (Å²) in [4.78, 5) is 2.15. The van der Waals surface area contributed by atoms with Crippen LogP contribution in [0.2, 0.25) is 0 Å². The molecule has 1 aliphatic carbocycles. The van der Waals surface area contributed by atoms with E-state index in [0.29, 0.717) is 12.0 Å². The molecule has 0 saturated heterocycles. The number of rotatable bonds is 4. The van der Waals surface area contributed by atoms with Gasteiger partial charge in [0.05, 0.1) is 5.84 Å². The summed E-state index contributed by atoms with van der Waals surface area (Å²) in [5.41, 5.74) is 0. The minimum atomic E-state index is 0.521. The van der Waals surface area contributed by atoms with E-state index in [1.807, 2.05) is 0 Å². The summed E-state index contributed by atoms with van der Waals surface area (Å²) in [5, 5.41) is 7.91. The second-order valence-corrected chi connectivity index (χ2v) is 4.75. The first-order chi connectivity index (χ1) is 6.02. The summed E-state index contributed by atoms with van der Waals surface area (Å²) in [6.45, 7) is 6.70. The molecule has 1 fully saturated rings. The molecule has 0 amide bonds. The third-order valence-electron chi connectivity index (χ3n) is 2.82. The minimum Gasteiger partial charge on any atom is -0.361 e. The average Bonchev–Trinajstić information content (AvgIpc) is 2.82. The van der Waals surface area contributed by atoms with Crippen LogP contribution in [-0.4, -0.2) is 23.8 Å². The molecule has 1 N–H and O–H groups in total. The number of hydrogen-bond acceptors (Lipinski definition) is 1. The van der Waals surface area contributed by atoms with Crippen molar-refractivity contribution in [2.45, 2.75) is 46.1 Å². The number of nitrogens with one attached hydrogen (secondary N) is 1. The molecule has 1 aliphatic rings. The first-order valence-electron chi connectivity index (χ1n) is 5.33. The van der Waals surface area contributed by atoms with Crippen LogP contribution >= 0.6 is 0 Å². The summed E-state index contributed by atoms with van der Waals surface area (Å²) in [5.74, 6) is 2.16. The highest BCUT2D eigenvalue weighted by Gasteiger charge is 2.30. The minimum absolute atomic E-state index is 0.521. The van der Waals surface area contributed by atoms with Gasteiger partial charge in [0.15, 0.2) is 0 Å². The number of nitrogens with zero attached hydrogens (tertiary/aromatic N) is 1. The molecule has 76 valence electrons. The van der Waals surface area contributed by atoms with E-state index < -0.39 is 0 Å². The molecular weight excluding hydrogens is 160 g/mol. The summed E-state index contributed by atoms with van der Waals surface area (Å²) < 4.78 is 0. The molecule has 0 aromatic carbocycles. The normalized spacial score (nSPS) is 18.8. The third kappa shape index (κ3) is 3.02. The number of hydrogen-bond donors (Lipinski definition) is 1. The van der Waals surface area contributed by atoms with Gasteiger partial charge in [-0.3, -0.25) is 5.41 Å². The molecule has 2 heteroatoms. The Bertz CT molecular complexity index is 183. The van der Waals surface area contributed by atoms with Gasteiger partial charge in [0, 0.05) is 19.0 Å². The molecule has 1 unspecified atom stereocenters. The van der Waals surface area contributed by atoms with Crippen LogP contribution in [0.4, 0.5) is 0 Å². The zero-order valence-corrected chi connectivity index (χ0v) is 9.30. The Morgan fingerprint density at radius 3 is 2.31 bits per heavy atom. The van der Waals surface area contributed by atoms with Crippen LogP contribution in [0.5, 0.6) is 0 Å². The highest BCUT2D eigenvalue weighted by Crippen LogP contribution is 2.31. The predicted octanol–water partition coefficient (Wildman–Crippen LogP) is 2.74. The summed E-state index contributed by atoms with van der Waals surface area (Å²) >= 11 is 0. The fraction of sp³-hybridized carbons (Fsp3) is 0.909. The maximum atomic E-state index is 7.91. The summed E-state index contributed by atoms with van der Waals surface area (Å²) in [7, 11) is 2.06. The van der Waals surface area contributed by atoms with Crippen molar-refractivity contribution >= 4 is 5.84 Å². The van der Waals surface area contributed by atoms with Crippen molar-refractivity contribution in [3.8, 4) is 0 Å². The lowest BCUT2D eigenvalue weighted by Crippen LogP contribution is -2.36. The lowest BCUT2D eigenvalue weighted by atomic mass is 10.0. The van der Waals surface area contributed by atoms with Crippen molar-refractivity contribution in [3.05, 3.63) is 0 Å². The lowest BCUT2D eigenvalue weighted by Gasteiger charge is -2.28. The van der Waals surface area contributed by atoms with E-state index >= 15 is 0 Å². The molecule has 0 radical (unpaired) electrons. The Morgan fingerprint density at radius 2 is 1.92 bits per heavy atom. The van der Waals surface area contributed by atoms with Crippen LogP contribution in [0.15, 0.2) is 0 Å². The molecule has 1 atom stereocenters. The van der Waals surface area contributed by atoms with Crippen molar-refractivity contribution in [3.63, 3.8) is 0 Å². The Morgan fingerprint density at radius 1 is 1.38 bits per heavy atom. The van der Waals surface area contributed by atoms with Gasteiger partial charge in [-0.1, -0.05) is 13.8 Å². The summed E-state index contributed by atoms with van der Waals surface area (Å²) in [6.07, 6.45) is 3.65. The predicted molar refractivity (Wildman–Crippen MR) is 57.1 cm³/mol. The van der Waals surface area contributed by atoms with Gasteiger partial charge in [-0.15, -0.1) is 0 Å². The second-order valence-electron chi connectivity index (χ2n) is 4.75. The van der Waals surface area contributed by atoms with Crippen LogP contribution in [0.3, 0.4) is 0 Å². The van der Waals surface area contributed by atoms with Crippen molar-refractivity contribution < 1.29 is 0 Å². The van der Waals surface area contributed by atoms with E-state index in [-0.39, 0.29) is 0 Å². The van der Waals surface area contributed by atoms with Gasteiger partial charge in [0.2, 0.25) is 0 Å². The van der Waals surface area contributed by atoms with Crippen LogP contribution in [0.1, 0.15) is 40.0 Å². The fourth-order valence-electron chi connectivity index (χ4n) is 1.72. The van der Waals surface area contributed by atoms with Crippen LogP contribution in [0.25, 0.3) is 0 Å². The Balaban J connectivity index is 2.35. The smallest absolute Gasteiger partial charge is 0.0989 e. The van der Waals surface area contributed by atoms with Gasteiger partial charge in [-0.2, -0.15) is 0 Å². The highest BCUT2D eigenvalue weighted by atomic mass is 15.2. The molecule has 0 bridgehead atoms. The first kappa shape index (κ1) is 10.6. The zero-order chi connectivity index (χ0) is 10.0. The number of amidine groups is 1. The van der Waals surface area contributed by atoms with Gasteiger partial charge >= 0.3 is 0 Å². The van der Waals surface area contributed by atoms with Crippen LogP contribution < -0.4 is 0 Å². The van der Waals surface area contributed by atoms with Gasteiger partial charge in [-0.25, -0.2) is 0 Å². The van der Waals surface area contributed by atoms with Crippen LogP contribution in [-0.2, 0) is 0 Å². The largest absolute Gasteiger partial charge is 0.361 e. The standard InChI is InChI=1S/C11H22N2/c1-8(2)7-9(3)13(4)11(12)10-5-6-10/h8-10,12H,5-7H2,1-4H3. The van der Waals surface area contributed by atoms with E-state index in [2.05, 4.69) is 32.7 Å². The molecule has 0 aromatic rings. The topological polar surface area (TPSA) is 27.1 Å². The molecule has 0 spiro atoms. The van der Waals surface area contributed by atoms with Crippen molar-refractivity contribution in [1.82, 2.24) is 4.90 Å².